The number of Topliss-reactive ketones (excluding diaryl/α,β-unsaturated/α-hetero) is 1. The van der Waals surface area contributed by atoms with Crippen LogP contribution in [0.5, 0.6) is 5.75 Å². The molecule has 0 saturated heterocycles. The molecule has 1 unspecified atom stereocenters. The molecule has 0 bridgehead atoms. The molecule has 1 aromatic rings. The molecule has 1 aromatic carbocycles. The first kappa shape index (κ1) is 13.0. The van der Waals surface area contributed by atoms with Crippen LogP contribution in [0.2, 0.25) is 5.02 Å². The number of ketones is 1. The molecule has 0 aliphatic carbocycles. The van der Waals surface area contributed by atoms with Crippen LogP contribution in [0, 0.1) is 6.92 Å². The van der Waals surface area contributed by atoms with Gasteiger partial charge in [0, 0.05) is 17.0 Å². The van der Waals surface area contributed by atoms with Crippen molar-refractivity contribution in [3.63, 3.8) is 0 Å². The zero-order valence-electron chi connectivity index (χ0n) is 9.58. The van der Waals surface area contributed by atoms with E-state index in [9.17, 15) is 9.90 Å². The van der Waals surface area contributed by atoms with Crippen molar-refractivity contribution in [2.24, 2.45) is 0 Å². The van der Waals surface area contributed by atoms with Crippen LogP contribution >= 0.6 is 11.6 Å². The van der Waals surface area contributed by atoms with Crippen molar-refractivity contribution in [3.8, 4) is 5.75 Å². The molecule has 1 atom stereocenters. The van der Waals surface area contributed by atoms with Crippen molar-refractivity contribution in [2.45, 2.75) is 26.4 Å². The van der Waals surface area contributed by atoms with Crippen molar-refractivity contribution in [1.29, 1.82) is 0 Å². The molecule has 1 rings (SSSR count). The Kier molecular flexibility index (Phi) is 4.33. The van der Waals surface area contributed by atoms with Crippen LogP contribution in [0.3, 0.4) is 0 Å². The lowest BCUT2D eigenvalue weighted by molar-refractivity contribution is -0.127. The lowest BCUT2D eigenvalue weighted by Crippen LogP contribution is -2.12. The second kappa shape index (κ2) is 5.32. The van der Waals surface area contributed by atoms with Crippen molar-refractivity contribution in [2.75, 3.05) is 7.11 Å². The lowest BCUT2D eigenvalue weighted by atomic mass is 10.0. The summed E-state index contributed by atoms with van der Waals surface area (Å²) in [5.41, 5.74) is 1.23. The Morgan fingerprint density at radius 3 is 2.69 bits per heavy atom. The SMILES string of the molecule is CCC(=O)C(O)c1cc(Cl)cc(C)c1OC. The van der Waals surface area contributed by atoms with Crippen LogP contribution in [0.15, 0.2) is 12.1 Å². The van der Waals surface area contributed by atoms with E-state index in [0.717, 1.165) is 5.56 Å². The molecule has 0 fully saturated rings. The molecule has 1 N–H and O–H groups in total. The topological polar surface area (TPSA) is 46.5 Å². The average molecular weight is 243 g/mol. The maximum absolute atomic E-state index is 11.5. The van der Waals surface area contributed by atoms with Crippen LogP contribution < -0.4 is 4.74 Å². The highest BCUT2D eigenvalue weighted by molar-refractivity contribution is 6.30. The van der Waals surface area contributed by atoms with Crippen LogP contribution in [0.1, 0.15) is 30.6 Å². The minimum atomic E-state index is -1.17. The smallest absolute Gasteiger partial charge is 0.165 e. The molecule has 0 aromatic heterocycles. The number of aliphatic hydroxyl groups excluding tert-OH is 1. The molecule has 0 saturated carbocycles. The first-order valence-corrected chi connectivity index (χ1v) is 5.43. The number of aryl methyl sites for hydroxylation is 1. The summed E-state index contributed by atoms with van der Waals surface area (Å²) in [5, 5.41) is 10.3. The summed E-state index contributed by atoms with van der Waals surface area (Å²) in [6, 6.07) is 3.29. The molecular weight excluding hydrogens is 228 g/mol. The summed E-state index contributed by atoms with van der Waals surface area (Å²) in [4.78, 5) is 11.5. The maximum Gasteiger partial charge on any atom is 0.165 e. The quantitative estimate of drug-likeness (QED) is 0.883. The fourth-order valence-corrected chi connectivity index (χ4v) is 1.89. The number of carbonyl (C=O) groups excluding carboxylic acids is 1. The maximum atomic E-state index is 11.5. The van der Waals surface area contributed by atoms with Crippen LogP contribution in [-0.2, 0) is 4.79 Å². The Labute approximate surface area is 100.0 Å². The van der Waals surface area contributed by atoms with Gasteiger partial charge >= 0.3 is 0 Å². The normalized spacial score (nSPS) is 12.3. The Bertz CT molecular complexity index is 401. The van der Waals surface area contributed by atoms with Gasteiger partial charge in [0.25, 0.3) is 0 Å². The second-order valence-electron chi connectivity index (χ2n) is 3.57. The van der Waals surface area contributed by atoms with Gasteiger partial charge in [-0.15, -0.1) is 0 Å². The van der Waals surface area contributed by atoms with E-state index < -0.39 is 6.10 Å². The highest BCUT2D eigenvalue weighted by Crippen LogP contribution is 2.32. The Morgan fingerprint density at radius 2 is 2.19 bits per heavy atom. The van der Waals surface area contributed by atoms with Gasteiger partial charge in [-0.05, 0) is 24.6 Å². The van der Waals surface area contributed by atoms with Crippen LogP contribution in [0.4, 0.5) is 0 Å². The van der Waals surface area contributed by atoms with Crippen LogP contribution in [-0.4, -0.2) is 18.0 Å². The summed E-state index contributed by atoms with van der Waals surface area (Å²) in [7, 11) is 1.50. The Hall–Kier alpha value is -1.06. The van der Waals surface area contributed by atoms with Gasteiger partial charge in [-0.1, -0.05) is 18.5 Å². The molecule has 0 aliphatic heterocycles. The molecule has 0 aliphatic rings. The van der Waals surface area contributed by atoms with Gasteiger partial charge in [-0.25, -0.2) is 0 Å². The summed E-state index contributed by atoms with van der Waals surface area (Å²) in [6.07, 6.45) is -0.895. The van der Waals surface area contributed by atoms with Gasteiger partial charge < -0.3 is 9.84 Å². The minimum Gasteiger partial charge on any atom is -0.496 e. The summed E-state index contributed by atoms with van der Waals surface area (Å²) in [6.45, 7) is 3.52. The van der Waals surface area contributed by atoms with Crippen molar-refractivity contribution in [3.05, 3.63) is 28.3 Å². The minimum absolute atomic E-state index is 0.250. The number of halogens is 1. The van der Waals surface area contributed by atoms with Crippen molar-refractivity contribution in [1.82, 2.24) is 0 Å². The molecule has 0 amide bonds. The summed E-state index contributed by atoms with van der Waals surface area (Å²) < 4.78 is 5.18. The Balaban J connectivity index is 3.25. The van der Waals surface area contributed by atoms with E-state index >= 15 is 0 Å². The molecule has 0 spiro atoms. The highest BCUT2D eigenvalue weighted by Gasteiger charge is 2.21. The summed E-state index contributed by atoms with van der Waals surface area (Å²) in [5.74, 6) is 0.263. The predicted octanol–water partition coefficient (Wildman–Crippen LogP) is 2.67. The van der Waals surface area contributed by atoms with E-state index in [2.05, 4.69) is 0 Å². The second-order valence-corrected chi connectivity index (χ2v) is 4.00. The van der Waals surface area contributed by atoms with Gasteiger partial charge in [0.05, 0.1) is 7.11 Å². The van der Waals surface area contributed by atoms with Gasteiger partial charge in [0.2, 0.25) is 0 Å². The number of hydrogen-bond acceptors (Lipinski definition) is 3. The third kappa shape index (κ3) is 2.54. The number of benzene rings is 1. The van der Waals surface area contributed by atoms with E-state index in [1.54, 1.807) is 19.1 Å². The first-order valence-electron chi connectivity index (χ1n) is 5.06. The molecule has 3 nitrogen and oxygen atoms in total. The van der Waals surface area contributed by atoms with Gasteiger partial charge in [-0.3, -0.25) is 4.79 Å². The predicted molar refractivity (Wildman–Crippen MR) is 63.0 cm³/mol. The van der Waals surface area contributed by atoms with Gasteiger partial charge in [0.1, 0.15) is 11.9 Å². The standard InChI is InChI=1S/C12H15ClO3/c1-4-10(14)11(15)9-6-8(13)5-7(2)12(9)16-3/h5-6,11,15H,4H2,1-3H3. The van der Waals surface area contributed by atoms with E-state index in [0.29, 0.717) is 16.3 Å². The number of rotatable bonds is 4. The average Bonchev–Trinajstić information content (AvgIpc) is 2.26. The number of carbonyl (C=O) groups is 1. The zero-order valence-corrected chi connectivity index (χ0v) is 10.3. The third-order valence-electron chi connectivity index (χ3n) is 2.42. The van der Waals surface area contributed by atoms with Gasteiger partial charge in [0.15, 0.2) is 5.78 Å². The number of methoxy groups -OCH3 is 1. The Morgan fingerprint density at radius 1 is 1.56 bits per heavy atom. The molecular formula is C12H15ClO3. The number of aliphatic hydroxyl groups is 1. The molecule has 16 heavy (non-hydrogen) atoms. The van der Waals surface area contributed by atoms with Crippen molar-refractivity contribution < 1.29 is 14.6 Å². The largest absolute Gasteiger partial charge is 0.496 e. The fraction of sp³-hybridized carbons (Fsp3) is 0.417. The molecule has 88 valence electrons. The van der Waals surface area contributed by atoms with Crippen molar-refractivity contribution >= 4 is 17.4 Å². The molecule has 4 heteroatoms. The number of hydrogen-bond donors (Lipinski definition) is 1. The molecule has 0 heterocycles. The zero-order chi connectivity index (χ0) is 12.3. The fourth-order valence-electron chi connectivity index (χ4n) is 1.60. The highest BCUT2D eigenvalue weighted by atomic mass is 35.5. The monoisotopic (exact) mass is 242 g/mol. The summed E-state index contributed by atoms with van der Waals surface area (Å²) >= 11 is 5.89. The third-order valence-corrected chi connectivity index (χ3v) is 2.64. The number of ether oxygens (including phenoxy) is 1. The lowest BCUT2D eigenvalue weighted by Gasteiger charge is -2.15. The van der Waals surface area contributed by atoms with E-state index in [1.165, 1.54) is 7.11 Å². The van der Waals surface area contributed by atoms with Gasteiger partial charge in [-0.2, -0.15) is 0 Å². The van der Waals surface area contributed by atoms with Crippen LogP contribution in [0.25, 0.3) is 0 Å². The van der Waals surface area contributed by atoms with E-state index in [-0.39, 0.29) is 12.2 Å². The molecule has 0 radical (unpaired) electrons. The first-order chi connectivity index (χ1) is 7.51. The van der Waals surface area contributed by atoms with E-state index in [4.69, 9.17) is 16.3 Å². The van der Waals surface area contributed by atoms with E-state index in [1.807, 2.05) is 6.92 Å².